The van der Waals surface area contributed by atoms with Crippen molar-refractivity contribution < 1.29 is 4.79 Å². The van der Waals surface area contributed by atoms with E-state index in [4.69, 9.17) is 4.98 Å². The minimum atomic E-state index is 0. The number of aryl methyl sites for hydroxylation is 3. The van der Waals surface area contributed by atoms with Gasteiger partial charge < -0.3 is 4.90 Å². The fourth-order valence-corrected chi connectivity index (χ4v) is 4.38. The molecule has 6 heteroatoms. The van der Waals surface area contributed by atoms with Crippen molar-refractivity contribution >= 4 is 45.0 Å². The first-order valence-electron chi connectivity index (χ1n) is 9.92. The fourth-order valence-electron chi connectivity index (χ4n) is 3.31. The molecule has 0 aliphatic rings. The predicted molar refractivity (Wildman–Crippen MR) is 127 cm³/mol. The zero-order valence-electron chi connectivity index (χ0n) is 17.9. The molecule has 0 radical (unpaired) electrons. The van der Waals surface area contributed by atoms with Crippen molar-refractivity contribution in [2.24, 2.45) is 0 Å². The summed E-state index contributed by atoms with van der Waals surface area (Å²) in [7, 11) is 0. The van der Waals surface area contributed by atoms with Gasteiger partial charge in [0, 0.05) is 18.7 Å². The normalized spacial score (nSPS) is 11.0. The van der Waals surface area contributed by atoms with Crippen molar-refractivity contribution in [2.75, 3.05) is 31.1 Å². The van der Waals surface area contributed by atoms with Gasteiger partial charge in [-0.1, -0.05) is 43.4 Å². The molecule has 0 spiro atoms. The number of carbonyl (C=O) groups is 1. The van der Waals surface area contributed by atoms with Crippen LogP contribution in [-0.4, -0.2) is 42.0 Å². The Morgan fingerprint density at radius 1 is 0.966 bits per heavy atom. The van der Waals surface area contributed by atoms with Crippen LogP contribution in [0.3, 0.4) is 0 Å². The molecule has 156 valence electrons. The monoisotopic (exact) mass is 431 g/mol. The van der Waals surface area contributed by atoms with Gasteiger partial charge in [0.1, 0.15) is 0 Å². The maximum atomic E-state index is 13.4. The molecule has 3 aromatic rings. The predicted octanol–water partition coefficient (Wildman–Crippen LogP) is 5.63. The zero-order valence-corrected chi connectivity index (χ0v) is 19.5. The number of benzene rings is 2. The molecule has 0 fully saturated rings. The fraction of sp³-hybridized carbons (Fsp3) is 0.391. The highest BCUT2D eigenvalue weighted by Gasteiger charge is 2.23. The number of rotatable bonds is 7. The number of likely N-dealkylation sites (N-methyl/N-ethyl adjacent to an activating group) is 1. The SMILES string of the molecule is CCN(CC)CCN(C(=O)c1ccccc1C)c1nc2cc(C)c(C)cc2s1.Cl. The van der Waals surface area contributed by atoms with E-state index in [1.54, 1.807) is 11.3 Å². The maximum absolute atomic E-state index is 13.4. The van der Waals surface area contributed by atoms with Crippen LogP contribution in [0.25, 0.3) is 10.2 Å². The van der Waals surface area contributed by atoms with E-state index in [9.17, 15) is 4.79 Å². The third-order valence-corrected chi connectivity index (χ3v) is 6.42. The summed E-state index contributed by atoms with van der Waals surface area (Å²) < 4.78 is 1.13. The Bertz CT molecular complexity index is 942. The Balaban J connectivity index is 0.00000300. The number of fused-ring (bicyclic) bond motifs is 1. The first-order chi connectivity index (χ1) is 13.4. The standard InChI is InChI=1S/C23H29N3OS.ClH/c1-6-25(7-2)12-13-26(22(27)19-11-9-8-10-16(19)3)23-24-20-14-17(4)18(5)15-21(20)28-23;/h8-11,14-15H,6-7,12-13H2,1-5H3;1H. The average molecular weight is 432 g/mol. The van der Waals surface area contributed by atoms with Gasteiger partial charge in [0.15, 0.2) is 5.13 Å². The van der Waals surface area contributed by atoms with Crippen LogP contribution in [0, 0.1) is 20.8 Å². The van der Waals surface area contributed by atoms with Crippen LogP contribution in [0.4, 0.5) is 5.13 Å². The summed E-state index contributed by atoms with van der Waals surface area (Å²) in [6.45, 7) is 13.9. The first-order valence-corrected chi connectivity index (χ1v) is 10.7. The average Bonchev–Trinajstić information content (AvgIpc) is 3.08. The van der Waals surface area contributed by atoms with Gasteiger partial charge in [0.25, 0.3) is 5.91 Å². The first kappa shape index (κ1) is 23.3. The summed E-state index contributed by atoms with van der Waals surface area (Å²) in [5.74, 6) is 0.0257. The Labute approximate surface area is 184 Å². The highest BCUT2D eigenvalue weighted by molar-refractivity contribution is 7.22. The molecule has 0 aliphatic carbocycles. The van der Waals surface area contributed by atoms with E-state index in [0.29, 0.717) is 6.54 Å². The molecule has 0 atom stereocenters. The zero-order chi connectivity index (χ0) is 20.3. The molecule has 4 nitrogen and oxygen atoms in total. The van der Waals surface area contributed by atoms with E-state index in [0.717, 1.165) is 46.1 Å². The molecule has 0 bridgehead atoms. The molecule has 0 unspecified atom stereocenters. The Morgan fingerprint density at radius 2 is 1.62 bits per heavy atom. The van der Waals surface area contributed by atoms with Crippen molar-refractivity contribution in [1.29, 1.82) is 0 Å². The Morgan fingerprint density at radius 3 is 2.28 bits per heavy atom. The molecule has 2 aromatic carbocycles. The van der Waals surface area contributed by atoms with E-state index in [1.165, 1.54) is 11.1 Å². The third-order valence-electron chi connectivity index (χ3n) is 5.38. The van der Waals surface area contributed by atoms with Gasteiger partial charge in [-0.25, -0.2) is 4.98 Å². The van der Waals surface area contributed by atoms with Crippen molar-refractivity contribution in [2.45, 2.75) is 34.6 Å². The van der Waals surface area contributed by atoms with Gasteiger partial charge in [-0.05, 0) is 68.8 Å². The Kier molecular flexibility index (Phi) is 8.20. The Hall–Kier alpha value is -1.95. The quantitative estimate of drug-likeness (QED) is 0.486. The van der Waals surface area contributed by atoms with E-state index in [2.05, 4.69) is 44.7 Å². The van der Waals surface area contributed by atoms with Crippen molar-refractivity contribution in [3.05, 3.63) is 58.7 Å². The molecular weight excluding hydrogens is 402 g/mol. The lowest BCUT2D eigenvalue weighted by molar-refractivity contribution is 0.0983. The summed E-state index contributed by atoms with van der Waals surface area (Å²) in [4.78, 5) is 22.5. The number of carbonyl (C=O) groups excluding carboxylic acids is 1. The topological polar surface area (TPSA) is 36.4 Å². The number of halogens is 1. The molecule has 1 heterocycles. The number of aromatic nitrogens is 1. The lowest BCUT2D eigenvalue weighted by Crippen LogP contribution is -2.39. The third kappa shape index (κ3) is 5.16. The summed E-state index contributed by atoms with van der Waals surface area (Å²) in [5.41, 5.74) is 5.18. The van der Waals surface area contributed by atoms with Crippen molar-refractivity contribution in [3.8, 4) is 0 Å². The molecule has 1 aromatic heterocycles. The highest BCUT2D eigenvalue weighted by Crippen LogP contribution is 2.31. The summed E-state index contributed by atoms with van der Waals surface area (Å²) in [6.07, 6.45) is 0. The van der Waals surface area contributed by atoms with Gasteiger partial charge >= 0.3 is 0 Å². The van der Waals surface area contributed by atoms with Crippen molar-refractivity contribution in [3.63, 3.8) is 0 Å². The van der Waals surface area contributed by atoms with Gasteiger partial charge in [0.05, 0.1) is 10.2 Å². The van der Waals surface area contributed by atoms with Crippen LogP contribution in [0.5, 0.6) is 0 Å². The minimum Gasteiger partial charge on any atom is -0.302 e. The minimum absolute atomic E-state index is 0. The largest absolute Gasteiger partial charge is 0.302 e. The summed E-state index contributed by atoms with van der Waals surface area (Å²) in [5, 5.41) is 0.778. The molecule has 1 amide bonds. The molecule has 0 aliphatic heterocycles. The van der Waals surface area contributed by atoms with Crippen LogP contribution in [-0.2, 0) is 0 Å². The highest BCUT2D eigenvalue weighted by atomic mass is 35.5. The van der Waals surface area contributed by atoms with Gasteiger partial charge in [-0.3, -0.25) is 9.69 Å². The van der Waals surface area contributed by atoms with Crippen molar-refractivity contribution in [1.82, 2.24) is 9.88 Å². The van der Waals surface area contributed by atoms with Crippen LogP contribution >= 0.6 is 23.7 Å². The van der Waals surface area contributed by atoms with E-state index < -0.39 is 0 Å². The van der Waals surface area contributed by atoms with E-state index in [1.807, 2.05) is 36.1 Å². The summed E-state index contributed by atoms with van der Waals surface area (Å²) >= 11 is 1.60. The van der Waals surface area contributed by atoms with Gasteiger partial charge in [-0.15, -0.1) is 12.4 Å². The number of thiazole rings is 1. The van der Waals surface area contributed by atoms with Crippen LogP contribution in [0.15, 0.2) is 36.4 Å². The lowest BCUT2D eigenvalue weighted by Gasteiger charge is -2.25. The summed E-state index contributed by atoms with van der Waals surface area (Å²) in [6, 6.07) is 12.1. The van der Waals surface area contributed by atoms with E-state index in [-0.39, 0.29) is 18.3 Å². The molecule has 0 saturated heterocycles. The second-order valence-electron chi connectivity index (χ2n) is 7.20. The second kappa shape index (κ2) is 10.2. The molecular formula is C23H30ClN3OS. The van der Waals surface area contributed by atoms with Gasteiger partial charge in [-0.2, -0.15) is 0 Å². The van der Waals surface area contributed by atoms with E-state index >= 15 is 0 Å². The smallest absolute Gasteiger partial charge is 0.260 e. The number of hydrogen-bond donors (Lipinski definition) is 0. The van der Waals surface area contributed by atoms with Crippen LogP contribution in [0.2, 0.25) is 0 Å². The molecule has 29 heavy (non-hydrogen) atoms. The molecule has 0 saturated carbocycles. The number of nitrogens with zero attached hydrogens (tertiary/aromatic N) is 3. The van der Waals surface area contributed by atoms with Crippen LogP contribution < -0.4 is 4.90 Å². The number of anilines is 1. The number of amides is 1. The van der Waals surface area contributed by atoms with Gasteiger partial charge in [0.2, 0.25) is 0 Å². The lowest BCUT2D eigenvalue weighted by atomic mass is 10.1. The molecule has 3 rings (SSSR count). The molecule has 0 N–H and O–H groups in total. The van der Waals surface area contributed by atoms with Crippen LogP contribution in [0.1, 0.15) is 40.9 Å². The second-order valence-corrected chi connectivity index (χ2v) is 8.21. The maximum Gasteiger partial charge on any atom is 0.260 e. The number of hydrogen-bond acceptors (Lipinski definition) is 4.